The molecule has 0 aliphatic heterocycles. The van der Waals surface area contributed by atoms with Gasteiger partial charge in [0, 0.05) is 20.0 Å². The van der Waals surface area contributed by atoms with Gasteiger partial charge >= 0.3 is 5.97 Å². The number of anilines is 1. The number of nitrogens with one attached hydrogen (secondary N) is 1. The third-order valence-corrected chi connectivity index (χ3v) is 2.94. The van der Waals surface area contributed by atoms with Crippen LogP contribution in [0.2, 0.25) is 0 Å². The van der Waals surface area contributed by atoms with Crippen molar-refractivity contribution in [2.45, 2.75) is 26.7 Å². The quantitative estimate of drug-likeness (QED) is 0.675. The van der Waals surface area contributed by atoms with Crippen LogP contribution in [0.25, 0.3) is 0 Å². The molecule has 0 bridgehead atoms. The van der Waals surface area contributed by atoms with E-state index in [9.17, 15) is 9.59 Å². The number of amides is 1. The van der Waals surface area contributed by atoms with Gasteiger partial charge in [0.2, 0.25) is 0 Å². The van der Waals surface area contributed by atoms with Gasteiger partial charge < -0.3 is 16.2 Å². The third-order valence-electron chi connectivity index (χ3n) is 2.94. The summed E-state index contributed by atoms with van der Waals surface area (Å²) in [6.07, 6.45) is 0.709. The van der Waals surface area contributed by atoms with Crippen LogP contribution in [-0.2, 0) is 11.8 Å². The number of carbonyl (C=O) groups is 2. The highest BCUT2D eigenvalue weighted by Crippen LogP contribution is 2.19. The van der Waals surface area contributed by atoms with Crippen molar-refractivity contribution in [3.05, 3.63) is 11.3 Å². The zero-order chi connectivity index (χ0) is 14.6. The maximum Gasteiger partial charge on any atom is 0.303 e. The van der Waals surface area contributed by atoms with Gasteiger partial charge in [0.1, 0.15) is 11.4 Å². The molecule has 1 amide bonds. The second-order valence-electron chi connectivity index (χ2n) is 4.72. The molecule has 7 nitrogen and oxygen atoms in total. The number of nitrogens with zero attached hydrogens (tertiary/aromatic N) is 2. The summed E-state index contributed by atoms with van der Waals surface area (Å²) in [5, 5.41) is 15.9. The van der Waals surface area contributed by atoms with E-state index in [1.54, 1.807) is 18.7 Å². The Labute approximate surface area is 111 Å². The van der Waals surface area contributed by atoms with Crippen LogP contribution in [-0.4, -0.2) is 33.3 Å². The molecule has 7 heteroatoms. The fourth-order valence-corrected chi connectivity index (χ4v) is 1.90. The van der Waals surface area contributed by atoms with Crippen LogP contribution in [0.4, 0.5) is 5.82 Å². The van der Waals surface area contributed by atoms with Gasteiger partial charge in [-0.2, -0.15) is 5.10 Å². The summed E-state index contributed by atoms with van der Waals surface area (Å²) >= 11 is 0. The molecule has 0 saturated heterocycles. The van der Waals surface area contributed by atoms with Crippen molar-refractivity contribution in [1.82, 2.24) is 9.78 Å². The summed E-state index contributed by atoms with van der Waals surface area (Å²) in [5.74, 6) is -0.577. The molecule has 0 radical (unpaired) electrons. The number of rotatable bonds is 7. The Morgan fingerprint density at radius 3 is 2.68 bits per heavy atom. The van der Waals surface area contributed by atoms with Gasteiger partial charge in [-0.05, 0) is 19.3 Å². The first kappa shape index (κ1) is 15.0. The van der Waals surface area contributed by atoms with Crippen molar-refractivity contribution in [2.75, 3.05) is 11.9 Å². The van der Waals surface area contributed by atoms with Gasteiger partial charge in [0.05, 0.1) is 5.69 Å². The number of primary amides is 1. The molecule has 0 aliphatic rings. The molecule has 0 spiro atoms. The number of aryl methyl sites for hydroxylation is 2. The van der Waals surface area contributed by atoms with Crippen molar-refractivity contribution in [2.24, 2.45) is 18.7 Å². The molecule has 0 aromatic carbocycles. The fraction of sp³-hybridized carbons (Fsp3) is 0.583. The lowest BCUT2D eigenvalue weighted by Crippen LogP contribution is -2.19. The number of aromatic nitrogens is 2. The van der Waals surface area contributed by atoms with Gasteiger partial charge in [0.25, 0.3) is 5.91 Å². The van der Waals surface area contributed by atoms with Gasteiger partial charge in [0.15, 0.2) is 0 Å². The Bertz CT molecular complexity index is 482. The van der Waals surface area contributed by atoms with Crippen LogP contribution in [0, 0.1) is 12.8 Å². The smallest absolute Gasteiger partial charge is 0.303 e. The highest BCUT2D eigenvalue weighted by Gasteiger charge is 2.18. The lowest BCUT2D eigenvalue weighted by atomic mass is 10.1. The van der Waals surface area contributed by atoms with E-state index in [4.69, 9.17) is 10.8 Å². The largest absolute Gasteiger partial charge is 0.481 e. The zero-order valence-corrected chi connectivity index (χ0v) is 11.4. The highest BCUT2D eigenvalue weighted by atomic mass is 16.4. The molecular formula is C12H20N4O3. The Morgan fingerprint density at radius 1 is 1.53 bits per heavy atom. The minimum atomic E-state index is -0.805. The first-order chi connectivity index (χ1) is 8.82. The summed E-state index contributed by atoms with van der Waals surface area (Å²) in [5.41, 5.74) is 6.29. The SMILES string of the molecule is Cc1nn(C)c(NCC(C)CCC(=O)O)c1C(N)=O. The van der Waals surface area contributed by atoms with Crippen LogP contribution in [0.15, 0.2) is 0 Å². The number of nitrogens with two attached hydrogens (primary N) is 1. The molecule has 0 fully saturated rings. The minimum Gasteiger partial charge on any atom is -0.481 e. The number of aliphatic carboxylic acids is 1. The van der Waals surface area contributed by atoms with Gasteiger partial charge in [-0.15, -0.1) is 0 Å². The van der Waals surface area contributed by atoms with E-state index in [1.807, 2.05) is 6.92 Å². The molecule has 1 aromatic rings. The summed E-state index contributed by atoms with van der Waals surface area (Å²) in [7, 11) is 1.73. The first-order valence-electron chi connectivity index (χ1n) is 6.12. The van der Waals surface area contributed by atoms with Crippen molar-refractivity contribution >= 4 is 17.7 Å². The van der Waals surface area contributed by atoms with Crippen LogP contribution in [0.3, 0.4) is 0 Å². The molecule has 1 unspecified atom stereocenters. The van der Waals surface area contributed by atoms with Crippen LogP contribution in [0.1, 0.15) is 35.8 Å². The maximum atomic E-state index is 11.4. The lowest BCUT2D eigenvalue weighted by molar-refractivity contribution is -0.137. The van der Waals surface area contributed by atoms with Crippen molar-refractivity contribution in [1.29, 1.82) is 0 Å². The van der Waals surface area contributed by atoms with Gasteiger partial charge in [-0.3, -0.25) is 14.3 Å². The summed E-state index contributed by atoms with van der Waals surface area (Å²) in [4.78, 5) is 21.8. The van der Waals surface area contributed by atoms with Crippen molar-refractivity contribution in [3.63, 3.8) is 0 Å². The van der Waals surface area contributed by atoms with Crippen molar-refractivity contribution in [3.8, 4) is 0 Å². The second kappa shape index (κ2) is 6.21. The fourth-order valence-electron chi connectivity index (χ4n) is 1.90. The van der Waals surface area contributed by atoms with E-state index in [0.717, 1.165) is 0 Å². The van der Waals surface area contributed by atoms with E-state index < -0.39 is 11.9 Å². The van der Waals surface area contributed by atoms with E-state index in [-0.39, 0.29) is 12.3 Å². The molecule has 4 N–H and O–H groups in total. The highest BCUT2D eigenvalue weighted by molar-refractivity contribution is 5.98. The standard InChI is InChI=1S/C12H20N4O3/c1-7(4-5-9(17)18)6-14-12-10(11(13)19)8(2)15-16(12)3/h7,14H,4-6H2,1-3H3,(H2,13,19)(H,17,18). The predicted molar refractivity (Wildman–Crippen MR) is 71.0 cm³/mol. The Hall–Kier alpha value is -2.05. The Balaban J connectivity index is 2.67. The van der Waals surface area contributed by atoms with Gasteiger partial charge in [-0.25, -0.2) is 0 Å². The summed E-state index contributed by atoms with van der Waals surface area (Å²) in [6.45, 7) is 4.23. The molecule has 0 aliphatic carbocycles. The molecule has 1 heterocycles. The Kier molecular flexibility index (Phi) is 4.91. The molecule has 1 rings (SSSR count). The average Bonchev–Trinajstić information content (AvgIpc) is 2.58. The van der Waals surface area contributed by atoms with Crippen molar-refractivity contribution < 1.29 is 14.7 Å². The van der Waals surface area contributed by atoms with E-state index in [0.29, 0.717) is 30.0 Å². The molecule has 106 valence electrons. The normalized spacial score (nSPS) is 12.2. The maximum absolute atomic E-state index is 11.4. The van der Waals surface area contributed by atoms with E-state index in [2.05, 4.69) is 10.4 Å². The number of hydrogen-bond donors (Lipinski definition) is 3. The molecule has 1 aromatic heterocycles. The monoisotopic (exact) mass is 268 g/mol. The summed E-state index contributed by atoms with van der Waals surface area (Å²) < 4.78 is 1.57. The second-order valence-corrected chi connectivity index (χ2v) is 4.72. The zero-order valence-electron chi connectivity index (χ0n) is 11.4. The topological polar surface area (TPSA) is 110 Å². The number of carboxylic acids is 1. The lowest BCUT2D eigenvalue weighted by Gasteiger charge is -2.13. The van der Waals surface area contributed by atoms with E-state index >= 15 is 0 Å². The molecular weight excluding hydrogens is 248 g/mol. The van der Waals surface area contributed by atoms with E-state index in [1.165, 1.54) is 0 Å². The van der Waals surface area contributed by atoms with Gasteiger partial charge in [-0.1, -0.05) is 6.92 Å². The number of carboxylic acid groups (broad SMARTS) is 1. The predicted octanol–water partition coefficient (Wildman–Crippen LogP) is 0.740. The molecule has 1 atom stereocenters. The average molecular weight is 268 g/mol. The Morgan fingerprint density at radius 2 is 2.16 bits per heavy atom. The third kappa shape index (κ3) is 3.97. The summed E-state index contributed by atoms with van der Waals surface area (Å²) in [6, 6.07) is 0. The minimum absolute atomic E-state index is 0.135. The first-order valence-corrected chi connectivity index (χ1v) is 6.12. The molecule has 0 saturated carbocycles. The van der Waals surface area contributed by atoms with Crippen LogP contribution >= 0.6 is 0 Å². The number of hydrogen-bond acceptors (Lipinski definition) is 4. The van der Waals surface area contributed by atoms with Crippen LogP contribution < -0.4 is 11.1 Å². The number of carbonyl (C=O) groups excluding carboxylic acids is 1. The molecule has 19 heavy (non-hydrogen) atoms. The van der Waals surface area contributed by atoms with Crippen LogP contribution in [0.5, 0.6) is 0 Å².